The number of hydrogen-bond donors (Lipinski definition) is 1. The number of hydrogen-bond acceptors (Lipinski definition) is 6. The summed E-state index contributed by atoms with van der Waals surface area (Å²) in [5.74, 6) is 1.70. The quantitative estimate of drug-likeness (QED) is 0.872. The van der Waals surface area contributed by atoms with Gasteiger partial charge < -0.3 is 5.73 Å². The molecule has 2 heterocycles. The molecule has 2 N–H and O–H groups in total. The fourth-order valence-electron chi connectivity index (χ4n) is 1.51. The Morgan fingerprint density at radius 3 is 2.83 bits per heavy atom. The maximum absolute atomic E-state index is 6.00. The first-order valence-corrected chi connectivity index (χ1v) is 7.53. The van der Waals surface area contributed by atoms with Crippen molar-refractivity contribution < 1.29 is 0 Å². The van der Waals surface area contributed by atoms with Gasteiger partial charge in [-0.05, 0) is 36.5 Å². The first kappa shape index (κ1) is 13.3. The van der Waals surface area contributed by atoms with Crippen molar-refractivity contribution in [3.8, 4) is 0 Å². The second-order valence-electron chi connectivity index (χ2n) is 4.05. The van der Waals surface area contributed by atoms with Gasteiger partial charge in [-0.1, -0.05) is 18.7 Å². The molecular formula is C12H16N4S2. The third-order valence-electron chi connectivity index (χ3n) is 2.77. The van der Waals surface area contributed by atoms with Gasteiger partial charge in [-0.2, -0.15) is 4.37 Å². The predicted molar refractivity (Wildman–Crippen MR) is 77.0 cm³/mol. The van der Waals surface area contributed by atoms with E-state index in [2.05, 4.69) is 21.3 Å². The number of thioether (sulfide) groups is 1. The Kier molecular flexibility index (Phi) is 4.19. The van der Waals surface area contributed by atoms with Gasteiger partial charge in [0, 0.05) is 24.1 Å². The highest BCUT2D eigenvalue weighted by Crippen LogP contribution is 2.27. The Hall–Kier alpha value is -1.14. The molecule has 0 fully saturated rings. The number of nitrogens with two attached hydrogens (primary N) is 1. The molecular weight excluding hydrogens is 264 g/mol. The SMILES string of the molecule is CCc1nsc(SCc2ncc(C)c(N)c2C)n1. The van der Waals surface area contributed by atoms with Crippen LogP contribution in [0.1, 0.15) is 29.6 Å². The van der Waals surface area contributed by atoms with Crippen molar-refractivity contribution in [2.75, 3.05) is 5.73 Å². The molecule has 0 bridgehead atoms. The molecule has 0 aliphatic heterocycles. The first-order chi connectivity index (χ1) is 8.61. The lowest BCUT2D eigenvalue weighted by molar-refractivity contribution is 0.971. The van der Waals surface area contributed by atoms with Crippen molar-refractivity contribution in [1.82, 2.24) is 14.3 Å². The van der Waals surface area contributed by atoms with Crippen LogP contribution in [-0.4, -0.2) is 14.3 Å². The van der Waals surface area contributed by atoms with Crippen LogP contribution < -0.4 is 5.73 Å². The van der Waals surface area contributed by atoms with E-state index in [4.69, 9.17) is 5.73 Å². The topological polar surface area (TPSA) is 64.7 Å². The largest absolute Gasteiger partial charge is 0.398 e. The van der Waals surface area contributed by atoms with Crippen molar-refractivity contribution in [1.29, 1.82) is 0 Å². The van der Waals surface area contributed by atoms with Crippen molar-refractivity contribution >= 4 is 29.0 Å². The van der Waals surface area contributed by atoms with E-state index >= 15 is 0 Å². The smallest absolute Gasteiger partial charge is 0.170 e. The van der Waals surface area contributed by atoms with Crippen LogP contribution >= 0.6 is 23.3 Å². The van der Waals surface area contributed by atoms with E-state index in [0.29, 0.717) is 0 Å². The van der Waals surface area contributed by atoms with E-state index in [9.17, 15) is 0 Å². The molecule has 2 rings (SSSR count). The number of anilines is 1. The summed E-state index contributed by atoms with van der Waals surface area (Å²) in [6, 6.07) is 0. The number of nitrogen functional groups attached to an aromatic ring is 1. The zero-order valence-corrected chi connectivity index (χ0v) is 12.4. The molecule has 0 saturated heterocycles. The summed E-state index contributed by atoms with van der Waals surface area (Å²) in [6.45, 7) is 6.05. The fourth-order valence-corrected chi connectivity index (χ4v) is 3.23. The molecule has 2 aromatic heterocycles. The fraction of sp³-hybridized carbons (Fsp3) is 0.417. The minimum atomic E-state index is 0.786. The highest BCUT2D eigenvalue weighted by molar-refractivity contribution is 8.00. The molecule has 18 heavy (non-hydrogen) atoms. The van der Waals surface area contributed by atoms with E-state index in [1.54, 1.807) is 11.8 Å². The summed E-state index contributed by atoms with van der Waals surface area (Å²) in [7, 11) is 0. The molecule has 2 aromatic rings. The maximum atomic E-state index is 6.00. The Bertz CT molecular complexity index is 551. The monoisotopic (exact) mass is 280 g/mol. The van der Waals surface area contributed by atoms with Gasteiger partial charge >= 0.3 is 0 Å². The van der Waals surface area contributed by atoms with E-state index in [0.717, 1.165) is 44.8 Å². The molecule has 0 saturated carbocycles. The number of nitrogens with zero attached hydrogens (tertiary/aromatic N) is 3. The maximum Gasteiger partial charge on any atom is 0.170 e. The van der Waals surface area contributed by atoms with Crippen LogP contribution in [0.25, 0.3) is 0 Å². The van der Waals surface area contributed by atoms with Crippen molar-refractivity contribution in [3.63, 3.8) is 0 Å². The standard InChI is InChI=1S/C12H16N4S2/c1-4-10-15-12(18-16-10)17-6-9-8(3)11(13)7(2)5-14-9/h5H,4,6H2,1-3H3,(H2,13,14). The first-order valence-electron chi connectivity index (χ1n) is 5.77. The van der Waals surface area contributed by atoms with E-state index in [-0.39, 0.29) is 0 Å². The molecule has 0 amide bonds. The molecule has 6 heteroatoms. The van der Waals surface area contributed by atoms with Gasteiger partial charge in [0.25, 0.3) is 0 Å². The van der Waals surface area contributed by atoms with Crippen LogP contribution in [0.3, 0.4) is 0 Å². The van der Waals surface area contributed by atoms with E-state index in [1.165, 1.54) is 11.5 Å². The molecule has 0 aliphatic carbocycles. The highest BCUT2D eigenvalue weighted by Gasteiger charge is 2.09. The summed E-state index contributed by atoms with van der Waals surface area (Å²) in [5.41, 5.74) is 9.97. The average molecular weight is 280 g/mol. The summed E-state index contributed by atoms with van der Waals surface area (Å²) in [4.78, 5) is 8.86. The zero-order chi connectivity index (χ0) is 13.1. The molecule has 96 valence electrons. The summed E-state index contributed by atoms with van der Waals surface area (Å²) in [5, 5.41) is 0. The lowest BCUT2D eigenvalue weighted by Gasteiger charge is -2.08. The van der Waals surface area contributed by atoms with Gasteiger partial charge in [0.15, 0.2) is 4.34 Å². The summed E-state index contributed by atoms with van der Waals surface area (Å²) < 4.78 is 5.26. The van der Waals surface area contributed by atoms with Crippen molar-refractivity contribution in [2.45, 2.75) is 37.3 Å². The van der Waals surface area contributed by atoms with Gasteiger partial charge in [-0.25, -0.2) is 4.98 Å². The van der Waals surface area contributed by atoms with E-state index in [1.807, 2.05) is 20.0 Å². The second-order valence-corrected chi connectivity index (χ2v) is 6.02. The van der Waals surface area contributed by atoms with Crippen molar-refractivity contribution in [2.24, 2.45) is 0 Å². The summed E-state index contributed by atoms with van der Waals surface area (Å²) >= 11 is 3.11. The number of aryl methyl sites for hydroxylation is 2. The second kappa shape index (κ2) is 5.67. The Morgan fingerprint density at radius 2 is 2.17 bits per heavy atom. The number of pyridine rings is 1. The predicted octanol–water partition coefficient (Wildman–Crippen LogP) is 2.99. The molecule has 0 atom stereocenters. The van der Waals surface area contributed by atoms with E-state index < -0.39 is 0 Å². The third-order valence-corrected chi connectivity index (χ3v) is 4.66. The van der Waals surface area contributed by atoms with Crippen LogP contribution in [-0.2, 0) is 12.2 Å². The van der Waals surface area contributed by atoms with Gasteiger partial charge in [0.1, 0.15) is 5.82 Å². The molecule has 0 radical (unpaired) electrons. The minimum absolute atomic E-state index is 0.786. The number of aromatic nitrogens is 3. The Labute approximate surface area is 115 Å². The molecule has 0 aliphatic rings. The summed E-state index contributed by atoms with van der Waals surface area (Å²) in [6.07, 6.45) is 2.71. The molecule has 0 spiro atoms. The third kappa shape index (κ3) is 2.81. The highest BCUT2D eigenvalue weighted by atomic mass is 32.2. The van der Waals surface area contributed by atoms with Crippen molar-refractivity contribution in [3.05, 3.63) is 28.8 Å². The lowest BCUT2D eigenvalue weighted by atomic mass is 10.1. The van der Waals surface area contributed by atoms with Gasteiger partial charge in [-0.15, -0.1) is 0 Å². The van der Waals surface area contributed by atoms with Gasteiger partial charge in [0.05, 0.1) is 5.69 Å². The number of rotatable bonds is 4. The van der Waals surface area contributed by atoms with Crippen LogP contribution in [0.4, 0.5) is 5.69 Å². The normalized spacial score (nSPS) is 10.8. The minimum Gasteiger partial charge on any atom is -0.398 e. The van der Waals surface area contributed by atoms with Gasteiger partial charge in [0.2, 0.25) is 0 Å². The lowest BCUT2D eigenvalue weighted by Crippen LogP contribution is -2.00. The molecule has 0 unspecified atom stereocenters. The van der Waals surface area contributed by atoms with Gasteiger partial charge in [-0.3, -0.25) is 4.98 Å². The van der Waals surface area contributed by atoms with Crippen LogP contribution in [0, 0.1) is 13.8 Å². The Balaban J connectivity index is 2.08. The Morgan fingerprint density at radius 1 is 1.39 bits per heavy atom. The molecule has 0 aromatic carbocycles. The van der Waals surface area contributed by atoms with Crippen LogP contribution in [0.15, 0.2) is 10.5 Å². The van der Waals surface area contributed by atoms with Crippen LogP contribution in [0.5, 0.6) is 0 Å². The molecule has 4 nitrogen and oxygen atoms in total. The zero-order valence-electron chi connectivity index (χ0n) is 10.7. The average Bonchev–Trinajstić information content (AvgIpc) is 2.83. The van der Waals surface area contributed by atoms with Crippen LogP contribution in [0.2, 0.25) is 0 Å².